The van der Waals surface area contributed by atoms with E-state index >= 15 is 0 Å². The van der Waals surface area contributed by atoms with Crippen LogP contribution in [0.3, 0.4) is 0 Å². The van der Waals surface area contributed by atoms with Gasteiger partial charge in [-0.25, -0.2) is 0 Å². The quantitative estimate of drug-likeness (QED) is 0.565. The molecule has 6 nitrogen and oxygen atoms in total. The molecule has 17 heavy (non-hydrogen) atoms. The fourth-order valence-electron chi connectivity index (χ4n) is 1.27. The van der Waals surface area contributed by atoms with Crippen LogP contribution in [-0.2, 0) is 14.9 Å². The molecule has 0 aliphatic carbocycles. The maximum atomic E-state index is 11.9. The average molecular weight is 267 g/mol. The molecule has 0 amide bonds. The van der Waals surface area contributed by atoms with E-state index in [1.807, 2.05) is 20.8 Å². The van der Waals surface area contributed by atoms with Crippen molar-refractivity contribution in [3.63, 3.8) is 0 Å². The largest absolute Gasteiger partial charge is 0.383 e. The number of nitrogens with two attached hydrogens (primary N) is 1. The van der Waals surface area contributed by atoms with Crippen molar-refractivity contribution in [2.75, 3.05) is 39.9 Å². The van der Waals surface area contributed by atoms with E-state index in [1.165, 1.54) is 11.4 Å². The second-order valence-corrected chi connectivity index (χ2v) is 6.44. The fraction of sp³-hybridized carbons (Fsp3) is 1.00. The third kappa shape index (κ3) is 6.32. The van der Waals surface area contributed by atoms with Crippen LogP contribution in [0.1, 0.15) is 20.8 Å². The van der Waals surface area contributed by atoms with Crippen molar-refractivity contribution in [3.05, 3.63) is 0 Å². The number of rotatable bonds is 9. The first-order chi connectivity index (χ1) is 7.79. The summed E-state index contributed by atoms with van der Waals surface area (Å²) in [4.78, 5) is 0. The first-order valence-corrected chi connectivity index (χ1v) is 7.17. The molecule has 0 unspecified atom stereocenters. The minimum atomic E-state index is -3.44. The third-order valence-electron chi connectivity index (χ3n) is 2.44. The first-order valence-electron chi connectivity index (χ1n) is 5.73. The zero-order valence-electron chi connectivity index (χ0n) is 11.2. The molecule has 3 N–H and O–H groups in total. The van der Waals surface area contributed by atoms with Crippen LogP contribution in [0.5, 0.6) is 0 Å². The lowest BCUT2D eigenvalue weighted by Crippen LogP contribution is -2.47. The lowest BCUT2D eigenvalue weighted by atomic mass is 9.94. The Kier molecular flexibility index (Phi) is 7.18. The fourth-order valence-corrected chi connectivity index (χ4v) is 2.66. The molecule has 0 heterocycles. The van der Waals surface area contributed by atoms with Crippen LogP contribution in [-0.4, -0.2) is 52.6 Å². The number of hydrogen-bond acceptors (Lipinski definition) is 4. The van der Waals surface area contributed by atoms with Crippen LogP contribution >= 0.6 is 0 Å². The molecule has 0 aliphatic rings. The van der Waals surface area contributed by atoms with Gasteiger partial charge in [-0.3, -0.25) is 0 Å². The van der Waals surface area contributed by atoms with Crippen LogP contribution < -0.4 is 10.5 Å². The van der Waals surface area contributed by atoms with Crippen molar-refractivity contribution in [2.45, 2.75) is 20.8 Å². The van der Waals surface area contributed by atoms with Gasteiger partial charge in [-0.05, 0) is 12.0 Å². The Morgan fingerprint density at radius 2 is 2.00 bits per heavy atom. The molecule has 0 radical (unpaired) electrons. The Morgan fingerprint density at radius 1 is 1.41 bits per heavy atom. The van der Waals surface area contributed by atoms with E-state index in [0.29, 0.717) is 26.2 Å². The molecule has 0 aromatic heterocycles. The van der Waals surface area contributed by atoms with Crippen LogP contribution in [0.15, 0.2) is 0 Å². The summed E-state index contributed by atoms with van der Waals surface area (Å²) in [6, 6.07) is 0. The third-order valence-corrected chi connectivity index (χ3v) is 4.08. The van der Waals surface area contributed by atoms with Crippen LogP contribution in [0.4, 0.5) is 0 Å². The van der Waals surface area contributed by atoms with E-state index in [2.05, 4.69) is 4.72 Å². The van der Waals surface area contributed by atoms with Crippen molar-refractivity contribution >= 4 is 10.2 Å². The van der Waals surface area contributed by atoms with E-state index in [9.17, 15) is 8.42 Å². The number of nitrogens with one attached hydrogen (secondary N) is 1. The van der Waals surface area contributed by atoms with Crippen molar-refractivity contribution in [1.29, 1.82) is 0 Å². The van der Waals surface area contributed by atoms with Gasteiger partial charge in [0.15, 0.2) is 0 Å². The predicted octanol–water partition coefficient (Wildman–Crippen LogP) is -0.226. The molecular weight excluding hydrogens is 242 g/mol. The summed E-state index contributed by atoms with van der Waals surface area (Å²) < 4.78 is 32.6. The summed E-state index contributed by atoms with van der Waals surface area (Å²) in [6.07, 6.45) is 0. The predicted molar refractivity (Wildman–Crippen MR) is 68.9 cm³/mol. The van der Waals surface area contributed by atoms with Gasteiger partial charge in [0.1, 0.15) is 0 Å². The topological polar surface area (TPSA) is 84.7 Å². The van der Waals surface area contributed by atoms with Crippen LogP contribution in [0, 0.1) is 5.41 Å². The summed E-state index contributed by atoms with van der Waals surface area (Å²) in [7, 11) is -1.91. The van der Waals surface area contributed by atoms with Gasteiger partial charge in [0, 0.05) is 26.7 Å². The van der Waals surface area contributed by atoms with Gasteiger partial charge < -0.3 is 10.5 Å². The van der Waals surface area contributed by atoms with Gasteiger partial charge in [-0.2, -0.15) is 17.4 Å². The zero-order valence-corrected chi connectivity index (χ0v) is 12.0. The molecule has 0 rings (SSSR count). The second-order valence-electron chi connectivity index (χ2n) is 4.69. The first kappa shape index (κ1) is 16.8. The molecule has 0 atom stereocenters. The lowest BCUT2D eigenvalue weighted by molar-refractivity contribution is 0.203. The van der Waals surface area contributed by atoms with Crippen molar-refractivity contribution in [2.24, 2.45) is 11.1 Å². The van der Waals surface area contributed by atoms with Crippen LogP contribution in [0.25, 0.3) is 0 Å². The number of hydrogen-bond donors (Lipinski definition) is 2. The van der Waals surface area contributed by atoms with E-state index in [-0.39, 0.29) is 12.0 Å². The molecule has 0 aromatic carbocycles. The van der Waals surface area contributed by atoms with Crippen molar-refractivity contribution in [1.82, 2.24) is 9.03 Å². The maximum Gasteiger partial charge on any atom is 0.279 e. The molecule has 0 aliphatic heterocycles. The SMILES string of the molecule is CCN(CC(C)(C)CN)S(=O)(=O)NCCOC. The summed E-state index contributed by atoms with van der Waals surface area (Å²) >= 11 is 0. The monoisotopic (exact) mass is 267 g/mol. The molecule has 0 spiro atoms. The van der Waals surface area contributed by atoms with Gasteiger partial charge >= 0.3 is 0 Å². The van der Waals surface area contributed by atoms with Crippen LogP contribution in [0.2, 0.25) is 0 Å². The second kappa shape index (κ2) is 7.27. The highest BCUT2D eigenvalue weighted by atomic mass is 32.2. The van der Waals surface area contributed by atoms with E-state index in [4.69, 9.17) is 10.5 Å². The standard InChI is InChI=1S/C10H25N3O3S/c1-5-13(9-10(2,3)8-11)17(14,15)12-6-7-16-4/h12H,5-9,11H2,1-4H3. The summed E-state index contributed by atoms with van der Waals surface area (Å²) in [5.74, 6) is 0. The Morgan fingerprint density at radius 3 is 2.41 bits per heavy atom. The maximum absolute atomic E-state index is 11.9. The molecule has 104 valence electrons. The lowest BCUT2D eigenvalue weighted by Gasteiger charge is -2.30. The van der Waals surface area contributed by atoms with Gasteiger partial charge in [-0.15, -0.1) is 0 Å². The molecule has 0 saturated heterocycles. The number of nitrogens with zero attached hydrogens (tertiary/aromatic N) is 1. The zero-order chi connectivity index (χ0) is 13.5. The normalized spacial score (nSPS) is 13.3. The van der Waals surface area contributed by atoms with E-state index in [0.717, 1.165) is 0 Å². The van der Waals surface area contributed by atoms with Gasteiger partial charge in [-0.1, -0.05) is 20.8 Å². The highest BCUT2D eigenvalue weighted by Gasteiger charge is 2.27. The Labute approximate surface area is 105 Å². The number of ether oxygens (including phenoxy) is 1. The molecule has 0 aromatic rings. The number of methoxy groups -OCH3 is 1. The molecular formula is C10H25N3O3S. The molecule has 0 bridgehead atoms. The molecule has 0 saturated carbocycles. The Hall–Kier alpha value is -0.210. The van der Waals surface area contributed by atoms with E-state index < -0.39 is 10.2 Å². The minimum Gasteiger partial charge on any atom is -0.383 e. The Balaban J connectivity index is 4.53. The molecule has 7 heteroatoms. The summed E-state index contributed by atoms with van der Waals surface area (Å²) in [6.45, 7) is 7.60. The van der Waals surface area contributed by atoms with Gasteiger partial charge in [0.05, 0.1) is 6.61 Å². The minimum absolute atomic E-state index is 0.230. The van der Waals surface area contributed by atoms with Gasteiger partial charge in [0.2, 0.25) is 0 Å². The van der Waals surface area contributed by atoms with Crippen molar-refractivity contribution in [3.8, 4) is 0 Å². The Bertz CT molecular complexity index is 304. The molecule has 0 fully saturated rings. The van der Waals surface area contributed by atoms with Gasteiger partial charge in [0.25, 0.3) is 10.2 Å². The van der Waals surface area contributed by atoms with E-state index in [1.54, 1.807) is 0 Å². The summed E-state index contributed by atoms with van der Waals surface area (Å²) in [5, 5.41) is 0. The highest BCUT2D eigenvalue weighted by molar-refractivity contribution is 7.87. The average Bonchev–Trinajstić information content (AvgIpc) is 2.26. The smallest absolute Gasteiger partial charge is 0.279 e. The highest BCUT2D eigenvalue weighted by Crippen LogP contribution is 2.16. The summed E-state index contributed by atoms with van der Waals surface area (Å²) in [5.41, 5.74) is 5.38. The van der Waals surface area contributed by atoms with Crippen molar-refractivity contribution < 1.29 is 13.2 Å².